The van der Waals surface area contributed by atoms with Crippen LogP contribution in [0.3, 0.4) is 0 Å². The molecule has 162 valence electrons. The van der Waals surface area contributed by atoms with Gasteiger partial charge in [-0.05, 0) is 51.3 Å². The van der Waals surface area contributed by atoms with Crippen molar-refractivity contribution in [2.24, 2.45) is 0 Å². The van der Waals surface area contributed by atoms with E-state index in [1.807, 2.05) is 20.8 Å². The van der Waals surface area contributed by atoms with Gasteiger partial charge in [-0.2, -0.15) is 4.98 Å². The molecule has 0 radical (unpaired) electrons. The fourth-order valence-corrected chi connectivity index (χ4v) is 4.36. The van der Waals surface area contributed by atoms with Crippen molar-refractivity contribution in [3.63, 3.8) is 0 Å². The number of aryl methyl sites for hydroxylation is 2. The minimum Gasteiger partial charge on any atom is -0.349 e. The molecule has 1 aromatic carbocycles. The number of carbonyl (C=O) groups is 2. The number of nitrogens with one attached hydrogen (secondary N) is 2. The van der Waals surface area contributed by atoms with Crippen molar-refractivity contribution in [3.8, 4) is 0 Å². The van der Waals surface area contributed by atoms with Gasteiger partial charge in [0.1, 0.15) is 0 Å². The van der Waals surface area contributed by atoms with E-state index in [1.165, 1.54) is 11.8 Å². The summed E-state index contributed by atoms with van der Waals surface area (Å²) in [5.41, 5.74) is 3.95. The van der Waals surface area contributed by atoms with Crippen molar-refractivity contribution in [1.29, 1.82) is 0 Å². The second-order valence-corrected chi connectivity index (χ2v) is 8.79. The van der Waals surface area contributed by atoms with Crippen LogP contribution in [0.4, 0.5) is 5.69 Å². The van der Waals surface area contributed by atoms with E-state index >= 15 is 0 Å². The van der Waals surface area contributed by atoms with Gasteiger partial charge in [0.2, 0.25) is 11.1 Å². The first-order valence-corrected chi connectivity index (χ1v) is 11.4. The Morgan fingerprint density at radius 2 is 1.87 bits per heavy atom. The van der Waals surface area contributed by atoms with E-state index in [1.54, 1.807) is 28.8 Å². The smallest absolute Gasteiger partial charge is 0.253 e. The van der Waals surface area contributed by atoms with Crippen molar-refractivity contribution in [3.05, 3.63) is 46.8 Å². The number of hydrogen-bond acceptors (Lipinski definition) is 6. The first-order valence-electron chi connectivity index (χ1n) is 10.5. The van der Waals surface area contributed by atoms with E-state index in [0.717, 1.165) is 42.6 Å². The average molecular weight is 439 g/mol. The van der Waals surface area contributed by atoms with Crippen molar-refractivity contribution in [2.75, 3.05) is 11.1 Å². The van der Waals surface area contributed by atoms with Gasteiger partial charge < -0.3 is 10.6 Å². The number of rotatable bonds is 6. The van der Waals surface area contributed by atoms with Gasteiger partial charge in [-0.15, -0.1) is 5.10 Å². The highest BCUT2D eigenvalue weighted by atomic mass is 32.2. The molecule has 1 aliphatic carbocycles. The summed E-state index contributed by atoms with van der Waals surface area (Å²) >= 11 is 1.24. The van der Waals surface area contributed by atoms with Crippen LogP contribution < -0.4 is 10.6 Å². The molecule has 0 saturated heterocycles. The molecule has 0 atom stereocenters. The molecule has 0 bridgehead atoms. The van der Waals surface area contributed by atoms with Gasteiger partial charge in [0.25, 0.3) is 11.7 Å². The Balaban J connectivity index is 1.41. The maximum atomic E-state index is 12.7. The average Bonchev–Trinajstić information content (AvgIpc) is 3.41. The minimum atomic E-state index is -0.220. The first kappa shape index (κ1) is 21.3. The molecule has 31 heavy (non-hydrogen) atoms. The van der Waals surface area contributed by atoms with Crippen LogP contribution in [0.5, 0.6) is 0 Å². The van der Waals surface area contributed by atoms with Crippen LogP contribution in [0.25, 0.3) is 5.78 Å². The summed E-state index contributed by atoms with van der Waals surface area (Å²) in [6.45, 7) is 5.91. The van der Waals surface area contributed by atoms with Gasteiger partial charge in [-0.25, -0.2) is 9.50 Å². The summed E-state index contributed by atoms with van der Waals surface area (Å²) in [7, 11) is 0. The standard InChI is InChI=1S/C22H26N6O2S/c1-13-14(2)23-21-26-22(27-28(21)15(13)3)31-12-19(29)25-18-11-7-6-10-17(18)20(30)24-16-8-4-5-9-16/h6-7,10-11,16H,4-5,8-9,12H2,1-3H3,(H,24,30)(H,25,29). The molecule has 1 aliphatic rings. The fourth-order valence-electron chi connectivity index (χ4n) is 3.74. The third-order valence-electron chi connectivity index (χ3n) is 5.71. The van der Waals surface area contributed by atoms with Crippen LogP contribution in [0.1, 0.15) is 53.0 Å². The maximum absolute atomic E-state index is 12.7. The Hall–Kier alpha value is -2.94. The van der Waals surface area contributed by atoms with Crippen molar-refractivity contribution < 1.29 is 9.59 Å². The highest BCUT2D eigenvalue weighted by Gasteiger charge is 2.20. The van der Waals surface area contributed by atoms with Crippen LogP contribution >= 0.6 is 11.8 Å². The molecule has 2 N–H and O–H groups in total. The van der Waals surface area contributed by atoms with Gasteiger partial charge in [0.15, 0.2) is 0 Å². The lowest BCUT2D eigenvalue weighted by atomic mass is 10.1. The molecular weight excluding hydrogens is 412 g/mol. The summed E-state index contributed by atoms with van der Waals surface area (Å²) in [6, 6.07) is 7.30. The lowest BCUT2D eigenvalue weighted by Gasteiger charge is -2.14. The van der Waals surface area contributed by atoms with E-state index in [9.17, 15) is 9.59 Å². The first-order chi connectivity index (χ1) is 14.9. The molecule has 3 aromatic rings. The molecule has 0 aliphatic heterocycles. The van der Waals surface area contributed by atoms with E-state index < -0.39 is 0 Å². The number of carbonyl (C=O) groups excluding carboxylic acids is 2. The Labute approximate surface area is 185 Å². The fraction of sp³-hybridized carbons (Fsp3) is 0.409. The van der Waals surface area contributed by atoms with Crippen LogP contribution in [0.2, 0.25) is 0 Å². The largest absolute Gasteiger partial charge is 0.349 e. The molecule has 4 rings (SSSR count). The molecule has 0 unspecified atom stereocenters. The monoisotopic (exact) mass is 438 g/mol. The van der Waals surface area contributed by atoms with Crippen LogP contribution in [0, 0.1) is 20.8 Å². The number of thioether (sulfide) groups is 1. The van der Waals surface area contributed by atoms with E-state index in [2.05, 4.69) is 25.7 Å². The third-order valence-corrected chi connectivity index (χ3v) is 6.55. The molecule has 1 fully saturated rings. The summed E-state index contributed by atoms with van der Waals surface area (Å²) in [6.07, 6.45) is 4.31. The molecule has 2 amide bonds. The third kappa shape index (κ3) is 4.71. The normalized spacial score (nSPS) is 14.2. The Kier molecular flexibility index (Phi) is 6.22. The second kappa shape index (κ2) is 9.05. The van der Waals surface area contributed by atoms with Crippen LogP contribution in [0.15, 0.2) is 29.4 Å². The maximum Gasteiger partial charge on any atom is 0.253 e. The number of fused-ring (bicyclic) bond motifs is 1. The van der Waals surface area contributed by atoms with Gasteiger partial charge in [0, 0.05) is 17.4 Å². The lowest BCUT2D eigenvalue weighted by Crippen LogP contribution is -2.33. The van der Waals surface area contributed by atoms with Gasteiger partial charge >= 0.3 is 0 Å². The van der Waals surface area contributed by atoms with Crippen LogP contribution in [-0.4, -0.2) is 43.2 Å². The molecule has 2 aromatic heterocycles. The van der Waals surface area contributed by atoms with Crippen molar-refractivity contribution in [2.45, 2.75) is 57.7 Å². The zero-order valence-corrected chi connectivity index (χ0v) is 18.8. The zero-order valence-electron chi connectivity index (χ0n) is 17.9. The quantitative estimate of drug-likeness (QED) is 0.572. The van der Waals surface area contributed by atoms with E-state index in [4.69, 9.17) is 0 Å². The van der Waals surface area contributed by atoms with E-state index in [0.29, 0.717) is 22.2 Å². The number of benzene rings is 1. The Bertz CT molecular complexity index is 1140. The van der Waals surface area contributed by atoms with Gasteiger partial charge in [-0.3, -0.25) is 9.59 Å². The number of hydrogen-bond donors (Lipinski definition) is 2. The summed E-state index contributed by atoms with van der Waals surface area (Å²) in [5, 5.41) is 10.9. The second-order valence-electron chi connectivity index (χ2n) is 7.85. The van der Waals surface area contributed by atoms with Gasteiger partial charge in [0.05, 0.1) is 17.0 Å². The molecule has 1 saturated carbocycles. The number of aromatic nitrogens is 4. The molecular formula is C22H26N6O2S. The molecule has 9 heteroatoms. The highest BCUT2D eigenvalue weighted by Crippen LogP contribution is 2.21. The highest BCUT2D eigenvalue weighted by molar-refractivity contribution is 7.99. The number of anilines is 1. The minimum absolute atomic E-state index is 0.131. The number of para-hydroxylation sites is 1. The number of amides is 2. The summed E-state index contributed by atoms with van der Waals surface area (Å²) in [5.74, 6) is 0.288. The van der Waals surface area contributed by atoms with Crippen molar-refractivity contribution >= 4 is 35.0 Å². The Morgan fingerprint density at radius 3 is 2.65 bits per heavy atom. The summed E-state index contributed by atoms with van der Waals surface area (Å²) < 4.78 is 1.70. The zero-order chi connectivity index (χ0) is 22.0. The molecule has 2 heterocycles. The SMILES string of the molecule is Cc1nc2nc(SCC(=O)Nc3ccccc3C(=O)NC3CCCC3)nn2c(C)c1C. The topological polar surface area (TPSA) is 101 Å². The molecule has 0 spiro atoms. The number of nitrogens with zero attached hydrogens (tertiary/aromatic N) is 4. The lowest BCUT2D eigenvalue weighted by molar-refractivity contribution is -0.113. The van der Waals surface area contributed by atoms with E-state index in [-0.39, 0.29) is 23.6 Å². The van der Waals surface area contributed by atoms with Crippen LogP contribution in [-0.2, 0) is 4.79 Å². The van der Waals surface area contributed by atoms with Crippen molar-refractivity contribution in [1.82, 2.24) is 24.9 Å². The Morgan fingerprint density at radius 1 is 1.13 bits per heavy atom. The van der Waals surface area contributed by atoms with Gasteiger partial charge in [-0.1, -0.05) is 36.7 Å². The predicted octanol–water partition coefficient (Wildman–Crippen LogP) is 3.45. The molecule has 8 nitrogen and oxygen atoms in total. The predicted molar refractivity (Wildman–Crippen MR) is 121 cm³/mol. The summed E-state index contributed by atoms with van der Waals surface area (Å²) in [4.78, 5) is 34.1.